The Morgan fingerprint density at radius 2 is 1.52 bits per heavy atom. The average Bonchev–Trinajstić information content (AvgIpc) is 2.69. The zero-order valence-corrected chi connectivity index (χ0v) is 20.3. The lowest BCUT2D eigenvalue weighted by atomic mass is 9.52. The smallest absolute Gasteiger partial charge is 0.303 e. The molecule has 0 unspecified atom stereocenters. The first-order valence-electron chi connectivity index (χ1n) is 11.6. The third-order valence-electron chi connectivity index (χ3n) is 8.06. The SMILES string of the molecule is C=C1[C@H]2C[C@@H]3C[C@H](O)C(C)=C([C@@H](OC(C)=O)[C@H](OC(C)=O)[C@]2(C)[C@@H](OC(C)=O)C[C@@H]1O)[C@@H]3C. The van der Waals surface area contributed by atoms with Crippen LogP contribution in [0.1, 0.15) is 60.8 Å². The van der Waals surface area contributed by atoms with E-state index in [2.05, 4.69) is 6.58 Å². The van der Waals surface area contributed by atoms with Crippen LogP contribution < -0.4 is 0 Å². The van der Waals surface area contributed by atoms with Gasteiger partial charge >= 0.3 is 17.9 Å². The molecule has 2 saturated carbocycles. The average molecular weight is 465 g/mol. The van der Waals surface area contributed by atoms with Crippen LogP contribution in [0.5, 0.6) is 0 Å². The number of carbonyl (C=O) groups excluding carboxylic acids is 3. The topological polar surface area (TPSA) is 119 Å². The Labute approximate surface area is 195 Å². The number of fused-ring (bicyclic) bond motifs is 3. The van der Waals surface area contributed by atoms with Crippen LogP contribution in [0.15, 0.2) is 23.3 Å². The predicted octanol–water partition coefficient (Wildman–Crippen LogP) is 2.46. The monoisotopic (exact) mass is 464 g/mol. The van der Waals surface area contributed by atoms with Gasteiger partial charge in [-0.2, -0.15) is 0 Å². The lowest BCUT2D eigenvalue weighted by Gasteiger charge is -2.57. The van der Waals surface area contributed by atoms with Gasteiger partial charge in [0.05, 0.1) is 17.6 Å². The highest BCUT2D eigenvalue weighted by Crippen LogP contribution is 2.57. The van der Waals surface area contributed by atoms with E-state index < -0.39 is 59.8 Å². The van der Waals surface area contributed by atoms with E-state index in [0.717, 1.165) is 5.57 Å². The first kappa shape index (κ1) is 25.4. The van der Waals surface area contributed by atoms with Crippen molar-refractivity contribution in [1.82, 2.24) is 0 Å². The summed E-state index contributed by atoms with van der Waals surface area (Å²) >= 11 is 0. The molecule has 0 aromatic heterocycles. The Morgan fingerprint density at radius 1 is 0.939 bits per heavy atom. The summed E-state index contributed by atoms with van der Waals surface area (Å²) in [5.74, 6) is -2.13. The van der Waals surface area contributed by atoms with Crippen molar-refractivity contribution in [3.63, 3.8) is 0 Å². The second-order valence-corrected chi connectivity index (χ2v) is 10.1. The Kier molecular flexibility index (Phi) is 7.10. The van der Waals surface area contributed by atoms with Gasteiger partial charge in [-0.05, 0) is 54.2 Å². The van der Waals surface area contributed by atoms with Crippen molar-refractivity contribution in [2.24, 2.45) is 23.2 Å². The number of rotatable bonds is 3. The number of aliphatic hydroxyl groups is 2. The minimum Gasteiger partial charge on any atom is -0.462 e. The van der Waals surface area contributed by atoms with Crippen LogP contribution in [0.3, 0.4) is 0 Å². The predicted molar refractivity (Wildman–Crippen MR) is 119 cm³/mol. The van der Waals surface area contributed by atoms with Crippen molar-refractivity contribution in [3.8, 4) is 0 Å². The van der Waals surface area contributed by atoms with E-state index in [1.165, 1.54) is 20.8 Å². The van der Waals surface area contributed by atoms with Crippen LogP contribution in [0.4, 0.5) is 0 Å². The van der Waals surface area contributed by atoms with Gasteiger partial charge in [0, 0.05) is 27.2 Å². The minimum absolute atomic E-state index is 0.000565. The Hall–Kier alpha value is -2.19. The number of hydrogen-bond acceptors (Lipinski definition) is 8. The molecule has 8 nitrogen and oxygen atoms in total. The molecular weight excluding hydrogens is 428 g/mol. The molecule has 0 spiro atoms. The van der Waals surface area contributed by atoms with Crippen molar-refractivity contribution in [1.29, 1.82) is 0 Å². The van der Waals surface area contributed by atoms with E-state index in [0.29, 0.717) is 24.0 Å². The van der Waals surface area contributed by atoms with Gasteiger partial charge in [-0.15, -0.1) is 0 Å². The highest BCUT2D eigenvalue weighted by molar-refractivity contribution is 5.68. The lowest BCUT2D eigenvalue weighted by molar-refractivity contribution is -0.208. The van der Waals surface area contributed by atoms with Crippen LogP contribution >= 0.6 is 0 Å². The molecule has 0 aliphatic heterocycles. The van der Waals surface area contributed by atoms with E-state index in [-0.39, 0.29) is 18.3 Å². The van der Waals surface area contributed by atoms with Gasteiger partial charge in [0.1, 0.15) is 6.10 Å². The highest BCUT2D eigenvalue weighted by Gasteiger charge is 2.62. The number of hydrogen-bond donors (Lipinski definition) is 2. The number of ether oxygens (including phenoxy) is 3. The quantitative estimate of drug-likeness (QED) is 0.371. The van der Waals surface area contributed by atoms with E-state index >= 15 is 0 Å². The van der Waals surface area contributed by atoms with Crippen LogP contribution in [0.2, 0.25) is 0 Å². The second kappa shape index (κ2) is 9.22. The van der Waals surface area contributed by atoms with E-state index in [9.17, 15) is 24.6 Å². The number of carbonyl (C=O) groups is 3. The third-order valence-corrected chi connectivity index (χ3v) is 8.06. The molecule has 0 aromatic rings. The first-order valence-corrected chi connectivity index (χ1v) is 11.6. The molecule has 3 aliphatic rings. The van der Waals surface area contributed by atoms with Crippen LogP contribution in [0.25, 0.3) is 0 Å². The lowest BCUT2D eigenvalue weighted by Crippen LogP contribution is -2.63. The fraction of sp³-hybridized carbons (Fsp3) is 0.720. The molecular formula is C25H36O8. The Bertz CT molecular complexity index is 876. The summed E-state index contributed by atoms with van der Waals surface area (Å²) in [4.78, 5) is 36.6. The summed E-state index contributed by atoms with van der Waals surface area (Å²) in [7, 11) is 0. The third kappa shape index (κ3) is 4.47. The van der Waals surface area contributed by atoms with E-state index in [4.69, 9.17) is 14.2 Å². The fourth-order valence-electron chi connectivity index (χ4n) is 6.35. The van der Waals surface area contributed by atoms with E-state index in [1.54, 1.807) is 0 Å². The second-order valence-electron chi connectivity index (χ2n) is 10.1. The molecule has 2 N–H and O–H groups in total. The zero-order chi connectivity index (χ0) is 24.8. The Morgan fingerprint density at radius 3 is 2.06 bits per heavy atom. The largest absolute Gasteiger partial charge is 0.462 e. The maximum absolute atomic E-state index is 12.3. The fourth-order valence-corrected chi connectivity index (χ4v) is 6.35. The van der Waals surface area contributed by atoms with Crippen molar-refractivity contribution < 1.29 is 38.8 Å². The van der Waals surface area contributed by atoms with Crippen LogP contribution in [0, 0.1) is 23.2 Å². The summed E-state index contributed by atoms with van der Waals surface area (Å²) in [6, 6.07) is 0. The maximum Gasteiger partial charge on any atom is 0.303 e. The van der Waals surface area contributed by atoms with Gasteiger partial charge in [-0.1, -0.05) is 20.4 Å². The molecule has 0 saturated heterocycles. The molecule has 3 aliphatic carbocycles. The highest BCUT2D eigenvalue weighted by atomic mass is 16.6. The summed E-state index contributed by atoms with van der Waals surface area (Å²) in [6.45, 7) is 13.7. The van der Waals surface area contributed by atoms with Crippen LogP contribution in [-0.2, 0) is 28.6 Å². The van der Waals surface area contributed by atoms with Gasteiger partial charge in [-0.3, -0.25) is 14.4 Å². The van der Waals surface area contributed by atoms with Crippen molar-refractivity contribution in [2.45, 2.75) is 91.3 Å². The normalized spacial score (nSPS) is 40.8. The number of esters is 3. The van der Waals surface area contributed by atoms with E-state index in [1.807, 2.05) is 20.8 Å². The van der Waals surface area contributed by atoms with Crippen LogP contribution in [-0.4, -0.2) is 58.6 Å². The molecule has 184 valence electrons. The van der Waals surface area contributed by atoms with Gasteiger partial charge < -0.3 is 24.4 Å². The molecule has 3 rings (SSSR count). The maximum atomic E-state index is 12.3. The molecule has 0 heterocycles. The van der Waals surface area contributed by atoms with Gasteiger partial charge in [0.25, 0.3) is 0 Å². The first-order chi connectivity index (χ1) is 15.3. The standard InChI is InChI=1S/C25H36O8/c1-11-17-8-18-12(2)20(30)10-21(31-14(4)26)25(18,7)24(33-16(6)28)23(32-15(5)27)22(11)13(3)19(29)9-17/h11,17-21,23-24,29-30H,2,8-10H2,1,3-7H3/t11-,17-,18-,19+,20+,21+,23-,24+,25+/m1/s1. The van der Waals surface area contributed by atoms with Gasteiger partial charge in [0.2, 0.25) is 0 Å². The summed E-state index contributed by atoms with van der Waals surface area (Å²) < 4.78 is 17.4. The summed E-state index contributed by atoms with van der Waals surface area (Å²) in [5, 5.41) is 21.6. The van der Waals surface area contributed by atoms with Crippen molar-refractivity contribution >= 4 is 17.9 Å². The van der Waals surface area contributed by atoms with Gasteiger partial charge in [0.15, 0.2) is 12.2 Å². The zero-order valence-electron chi connectivity index (χ0n) is 20.3. The molecule has 0 amide bonds. The Balaban J connectivity index is 2.31. The molecule has 9 atom stereocenters. The molecule has 33 heavy (non-hydrogen) atoms. The van der Waals surface area contributed by atoms with Crippen molar-refractivity contribution in [3.05, 3.63) is 23.3 Å². The molecule has 2 fully saturated rings. The van der Waals surface area contributed by atoms with Gasteiger partial charge in [-0.25, -0.2) is 0 Å². The minimum atomic E-state index is -1.03. The number of aliphatic hydroxyl groups excluding tert-OH is 2. The molecule has 0 radical (unpaired) electrons. The molecule has 0 aromatic carbocycles. The van der Waals surface area contributed by atoms with Crippen molar-refractivity contribution in [2.75, 3.05) is 0 Å². The molecule has 8 heteroatoms. The summed E-state index contributed by atoms with van der Waals surface area (Å²) in [5.41, 5.74) is 0.970. The summed E-state index contributed by atoms with van der Waals surface area (Å²) in [6.07, 6.45) is -3.28. The molecule has 2 bridgehead atoms.